The zero-order chi connectivity index (χ0) is 9.23. The lowest BCUT2D eigenvalue weighted by Gasteiger charge is -2.27. The van der Waals surface area contributed by atoms with Gasteiger partial charge in [0.15, 0.2) is 12.0 Å². The molecule has 6 heteroatoms. The highest BCUT2D eigenvalue weighted by Crippen LogP contribution is 2.30. The van der Waals surface area contributed by atoms with E-state index in [1.807, 2.05) is 0 Å². The molecule has 1 N–H and O–H groups in total. The Kier molecular flexibility index (Phi) is 4.08. The molecule has 0 aliphatic heterocycles. The minimum atomic E-state index is -1.76. The van der Waals surface area contributed by atoms with Crippen molar-refractivity contribution in [3.8, 4) is 0 Å². The third-order valence-electron chi connectivity index (χ3n) is 1.13. The van der Waals surface area contributed by atoms with Gasteiger partial charge in [0.25, 0.3) is 0 Å². The largest absolute Gasteiger partial charge is 0.371 e. The molecule has 0 aromatic rings. The van der Waals surface area contributed by atoms with Gasteiger partial charge in [0.2, 0.25) is 3.92 Å². The van der Waals surface area contributed by atoms with Crippen LogP contribution in [-0.2, 0) is 4.79 Å². The van der Waals surface area contributed by atoms with E-state index in [0.29, 0.717) is 0 Å². The summed E-state index contributed by atoms with van der Waals surface area (Å²) in [6.07, 6.45) is -1.37. The van der Waals surface area contributed by atoms with Gasteiger partial charge in [-0.05, 0) is 14.0 Å². The van der Waals surface area contributed by atoms with Gasteiger partial charge in [-0.2, -0.15) is 0 Å². The summed E-state index contributed by atoms with van der Waals surface area (Å²) in [5, 5.41) is 9.05. The molecule has 0 bridgehead atoms. The van der Waals surface area contributed by atoms with Gasteiger partial charge in [-0.25, -0.2) is 4.90 Å². The summed E-state index contributed by atoms with van der Waals surface area (Å²) in [4.78, 5) is 11.5. The predicted molar refractivity (Wildman–Crippen MR) is 44.7 cm³/mol. The Labute approximate surface area is 79.8 Å². The fourth-order valence-corrected chi connectivity index (χ4v) is 0.689. The zero-order valence-corrected chi connectivity index (χ0v) is 8.28. The van der Waals surface area contributed by atoms with E-state index in [-0.39, 0.29) is 0 Å². The standard InChI is InChI=1S/C5H8Cl3NO2/c1-3(10)4(11)9(2)5(6,7)8/h4,11H,1-2H3. The Morgan fingerprint density at radius 3 is 2.00 bits per heavy atom. The van der Waals surface area contributed by atoms with E-state index in [1.165, 1.54) is 14.0 Å². The fraction of sp³-hybridized carbons (Fsp3) is 0.800. The lowest BCUT2D eigenvalue weighted by Crippen LogP contribution is -2.44. The van der Waals surface area contributed by atoms with E-state index in [9.17, 15) is 4.79 Å². The molecule has 0 radical (unpaired) electrons. The number of hydrogen-bond donors (Lipinski definition) is 1. The van der Waals surface area contributed by atoms with Gasteiger partial charge in [0.1, 0.15) is 0 Å². The lowest BCUT2D eigenvalue weighted by atomic mass is 10.4. The van der Waals surface area contributed by atoms with Crippen LogP contribution in [0, 0.1) is 0 Å². The summed E-state index contributed by atoms with van der Waals surface area (Å²) >= 11 is 16.1. The molecular weight excluding hydrogens is 212 g/mol. The smallest absolute Gasteiger partial charge is 0.249 e. The van der Waals surface area contributed by atoms with E-state index in [2.05, 4.69) is 0 Å². The van der Waals surface area contributed by atoms with Crippen molar-refractivity contribution in [1.29, 1.82) is 0 Å². The number of Topliss-reactive ketones (excluding diaryl/α,β-unsaturated/α-hetero) is 1. The number of hydrogen-bond acceptors (Lipinski definition) is 3. The molecule has 0 rings (SSSR count). The topological polar surface area (TPSA) is 40.5 Å². The highest BCUT2D eigenvalue weighted by Gasteiger charge is 2.33. The van der Waals surface area contributed by atoms with Crippen LogP contribution in [0.4, 0.5) is 0 Å². The maximum atomic E-state index is 10.6. The first-order chi connectivity index (χ1) is 4.76. The minimum Gasteiger partial charge on any atom is -0.371 e. The van der Waals surface area contributed by atoms with E-state index in [4.69, 9.17) is 39.9 Å². The number of aliphatic hydroxyl groups excluding tert-OH is 1. The minimum absolute atomic E-state index is 0.473. The van der Waals surface area contributed by atoms with Crippen LogP contribution in [0.5, 0.6) is 0 Å². The first-order valence-corrected chi connectivity index (χ1v) is 3.88. The van der Waals surface area contributed by atoms with Gasteiger partial charge in [-0.3, -0.25) is 4.79 Å². The number of rotatable bonds is 2. The molecule has 3 nitrogen and oxygen atoms in total. The molecule has 0 saturated heterocycles. The molecule has 0 saturated carbocycles. The lowest BCUT2D eigenvalue weighted by molar-refractivity contribution is -0.133. The Morgan fingerprint density at radius 2 is 1.91 bits per heavy atom. The van der Waals surface area contributed by atoms with Crippen molar-refractivity contribution >= 4 is 40.6 Å². The summed E-state index contributed by atoms with van der Waals surface area (Å²) in [6, 6.07) is 0. The van der Waals surface area contributed by atoms with E-state index >= 15 is 0 Å². The van der Waals surface area contributed by atoms with E-state index in [0.717, 1.165) is 4.90 Å². The molecule has 0 aromatic heterocycles. The second-order valence-corrected chi connectivity index (χ2v) is 4.28. The van der Waals surface area contributed by atoms with Crippen LogP contribution in [0.1, 0.15) is 6.92 Å². The van der Waals surface area contributed by atoms with Crippen molar-refractivity contribution in [1.82, 2.24) is 4.90 Å². The molecule has 0 fully saturated rings. The van der Waals surface area contributed by atoms with E-state index < -0.39 is 15.9 Å². The number of nitrogens with zero attached hydrogens (tertiary/aromatic N) is 1. The SMILES string of the molecule is CC(=O)C(O)N(C)C(Cl)(Cl)Cl. The number of carbonyl (C=O) groups excluding carboxylic acids is 1. The van der Waals surface area contributed by atoms with Crippen molar-refractivity contribution in [2.45, 2.75) is 17.1 Å². The second-order valence-electron chi connectivity index (χ2n) is 2.06. The number of likely N-dealkylation sites (N-methyl/N-ethyl adjacent to an activating group) is 1. The molecule has 0 aromatic carbocycles. The number of ketones is 1. The molecule has 0 aliphatic rings. The molecule has 1 unspecified atom stereocenters. The van der Waals surface area contributed by atoms with Crippen LogP contribution in [0.25, 0.3) is 0 Å². The fourth-order valence-electron chi connectivity index (χ4n) is 0.411. The third kappa shape index (κ3) is 3.58. The van der Waals surface area contributed by atoms with Crippen LogP contribution >= 0.6 is 34.8 Å². The molecule has 11 heavy (non-hydrogen) atoms. The molecule has 1 atom stereocenters. The van der Waals surface area contributed by atoms with Crippen molar-refractivity contribution in [3.63, 3.8) is 0 Å². The van der Waals surface area contributed by atoms with Gasteiger partial charge in [0.05, 0.1) is 0 Å². The maximum absolute atomic E-state index is 10.6. The monoisotopic (exact) mass is 219 g/mol. The predicted octanol–water partition coefficient (Wildman–Crippen LogP) is 1.15. The Balaban J connectivity index is 4.25. The van der Waals surface area contributed by atoms with Crippen LogP contribution in [0.2, 0.25) is 0 Å². The van der Waals surface area contributed by atoms with Gasteiger partial charge in [0, 0.05) is 0 Å². The molecule has 0 spiro atoms. The Morgan fingerprint density at radius 1 is 1.55 bits per heavy atom. The van der Waals surface area contributed by atoms with Crippen molar-refractivity contribution in [2.24, 2.45) is 0 Å². The highest BCUT2D eigenvalue weighted by atomic mass is 35.6. The van der Waals surface area contributed by atoms with Crippen molar-refractivity contribution in [2.75, 3.05) is 7.05 Å². The normalized spacial score (nSPS) is 15.2. The Hall–Kier alpha value is 0.460. The van der Waals surface area contributed by atoms with Crippen LogP contribution < -0.4 is 0 Å². The second kappa shape index (κ2) is 3.92. The van der Waals surface area contributed by atoms with Crippen molar-refractivity contribution in [3.05, 3.63) is 0 Å². The number of alkyl halides is 3. The summed E-state index contributed by atoms with van der Waals surface area (Å²) in [5.41, 5.74) is 0. The number of aliphatic hydroxyl groups is 1. The average molecular weight is 220 g/mol. The van der Waals surface area contributed by atoms with Gasteiger partial charge in [-0.1, -0.05) is 34.8 Å². The van der Waals surface area contributed by atoms with Crippen LogP contribution in [-0.4, -0.2) is 33.0 Å². The molecule has 0 amide bonds. The summed E-state index contributed by atoms with van der Waals surface area (Å²) in [5.74, 6) is -0.473. The van der Waals surface area contributed by atoms with Gasteiger partial charge >= 0.3 is 0 Å². The average Bonchev–Trinajstić information content (AvgIpc) is 1.82. The maximum Gasteiger partial charge on any atom is 0.249 e. The summed E-state index contributed by atoms with van der Waals surface area (Å²) < 4.78 is -1.76. The van der Waals surface area contributed by atoms with Crippen LogP contribution in [0.3, 0.4) is 0 Å². The summed E-state index contributed by atoms with van der Waals surface area (Å²) in [6.45, 7) is 1.21. The quantitative estimate of drug-likeness (QED) is 0.431. The molecular formula is C5H8Cl3NO2. The number of halogens is 3. The highest BCUT2D eigenvalue weighted by molar-refractivity contribution is 6.67. The van der Waals surface area contributed by atoms with Gasteiger partial charge < -0.3 is 5.11 Å². The van der Waals surface area contributed by atoms with Crippen molar-refractivity contribution < 1.29 is 9.90 Å². The molecule has 66 valence electrons. The zero-order valence-electron chi connectivity index (χ0n) is 6.01. The first-order valence-electron chi connectivity index (χ1n) is 2.75. The third-order valence-corrected chi connectivity index (χ3v) is 1.93. The van der Waals surface area contributed by atoms with E-state index in [1.54, 1.807) is 0 Å². The summed E-state index contributed by atoms with van der Waals surface area (Å²) in [7, 11) is 1.33. The molecule has 0 heterocycles. The van der Waals surface area contributed by atoms with Crippen LogP contribution in [0.15, 0.2) is 0 Å². The van der Waals surface area contributed by atoms with Gasteiger partial charge in [-0.15, -0.1) is 0 Å². The Bertz CT molecular complexity index is 156. The molecule has 0 aliphatic carbocycles. The number of carbonyl (C=O) groups is 1. The first kappa shape index (κ1) is 11.5.